The van der Waals surface area contributed by atoms with Crippen LogP contribution < -0.4 is 0 Å². The maximum Gasteiger partial charge on any atom is 0.472 e. The molecular weight excluding hydrogens is 1410 g/mol. The lowest BCUT2D eigenvalue weighted by atomic mass is 10.0. The number of carbonyl (C=O) groups excluding carboxylic acids is 3. The highest BCUT2D eigenvalue weighted by atomic mass is 31.2. The average molecular weight is 1560 g/mol. The van der Waals surface area contributed by atoms with Crippen LogP contribution in [0.1, 0.15) is 329 Å². The molecular formula is C91H152O16P2. The van der Waals surface area contributed by atoms with Crippen molar-refractivity contribution in [2.75, 3.05) is 39.6 Å². The van der Waals surface area contributed by atoms with E-state index in [-0.39, 0.29) is 19.3 Å². The summed E-state index contributed by atoms with van der Waals surface area (Å²) in [5.74, 6) is -1.62. The Kier molecular flexibility index (Phi) is 78.5. The second-order valence-corrected chi connectivity index (χ2v) is 30.8. The van der Waals surface area contributed by atoms with Gasteiger partial charge in [0.05, 0.1) is 26.4 Å². The molecule has 0 fully saturated rings. The van der Waals surface area contributed by atoms with Crippen molar-refractivity contribution in [2.24, 2.45) is 0 Å². The lowest BCUT2D eigenvalue weighted by molar-refractivity contribution is -0.161. The number of ether oxygens (including phenoxy) is 3. The summed E-state index contributed by atoms with van der Waals surface area (Å²) in [6.45, 7) is 2.39. The van der Waals surface area contributed by atoms with Crippen LogP contribution in [0.2, 0.25) is 0 Å². The zero-order valence-corrected chi connectivity index (χ0v) is 70.0. The van der Waals surface area contributed by atoms with Crippen LogP contribution in [0.3, 0.4) is 0 Å². The normalized spacial score (nSPS) is 14.7. The number of esters is 3. The number of allylic oxidation sites excluding steroid dienone is 28. The Bertz CT molecular complexity index is 2660. The van der Waals surface area contributed by atoms with Crippen LogP contribution in [0.5, 0.6) is 0 Å². The summed E-state index contributed by atoms with van der Waals surface area (Å²) in [6, 6.07) is 0. The van der Waals surface area contributed by atoms with Gasteiger partial charge in [-0.3, -0.25) is 32.5 Å². The van der Waals surface area contributed by atoms with Crippen molar-refractivity contribution in [3.63, 3.8) is 0 Å². The molecule has 0 saturated carbocycles. The van der Waals surface area contributed by atoms with Gasteiger partial charge >= 0.3 is 33.6 Å². The minimum Gasteiger partial charge on any atom is -0.463 e. The number of rotatable bonds is 79. The van der Waals surface area contributed by atoms with Crippen LogP contribution in [0.25, 0.3) is 0 Å². The van der Waals surface area contributed by atoms with Gasteiger partial charge in [-0.1, -0.05) is 326 Å². The number of carbonyl (C=O) groups is 3. The lowest BCUT2D eigenvalue weighted by Crippen LogP contribution is -2.30. The summed E-state index contributed by atoms with van der Waals surface area (Å²) in [7, 11) is -9.82. The maximum absolute atomic E-state index is 13.0. The zero-order valence-electron chi connectivity index (χ0n) is 68.2. The Balaban J connectivity index is 4.61. The van der Waals surface area contributed by atoms with Crippen molar-refractivity contribution in [1.29, 1.82) is 0 Å². The quantitative estimate of drug-likeness (QED) is 0.0146. The van der Waals surface area contributed by atoms with E-state index in [1.165, 1.54) is 103 Å². The highest BCUT2D eigenvalue weighted by Crippen LogP contribution is 2.45. The number of phosphoric ester groups is 2. The SMILES string of the molecule is CC/C=C\C/C=C\C/C=C\C/C=C\C/C=C\CCCCCCCC(=O)OCC(COP(=O)(O)OCC(O)COP(=O)(O)OCC(O)COC(=O)CCCCCCCCCCCCCCCCC/C=C\C/C=C\C/C=C\C/C=C\CCCCC)OC(=O)CCCCCCC/C=C\C/C=C\C/C=C\C/C=C\C/C=C\CC. The molecule has 5 atom stereocenters. The van der Waals surface area contributed by atoms with Crippen molar-refractivity contribution in [3.05, 3.63) is 170 Å². The maximum atomic E-state index is 13.0. The van der Waals surface area contributed by atoms with Gasteiger partial charge in [-0.15, -0.1) is 0 Å². The van der Waals surface area contributed by atoms with Crippen LogP contribution in [-0.4, -0.2) is 95.9 Å². The summed E-state index contributed by atoms with van der Waals surface area (Å²) < 4.78 is 61.3. The molecule has 0 radical (unpaired) electrons. The van der Waals surface area contributed by atoms with Crippen LogP contribution >= 0.6 is 15.6 Å². The van der Waals surface area contributed by atoms with E-state index >= 15 is 0 Å². The van der Waals surface area contributed by atoms with Gasteiger partial charge in [0.1, 0.15) is 25.4 Å². The fraction of sp³-hybridized carbons (Fsp3) is 0.659. The second-order valence-electron chi connectivity index (χ2n) is 27.9. The standard InChI is InChI=1S/C91H152O16P2/c1-4-7-10-13-16-19-22-25-28-31-34-37-38-39-40-41-42-43-44-45-46-49-51-53-56-59-62-65-68-71-74-77-89(94)101-80-86(92)81-103-108(97,98)104-82-87(93)83-105-109(99,100)106-85-88(107-91(96)79-76-73-70-67-64-61-58-55-52-48-36-33-30-27-24-21-18-15-12-9-6-3)84-102-90(95)78-75-72-69-66-63-60-57-54-50-47-35-32-29-26-23-20-17-14-11-8-5-2/h8-9,11-12,16-21,25-30,34-37,39-40,47-48,54-55,57-58,86-88,92-93H,4-7,10,13-15,22-24,31-33,38,41-46,49-53,56,59-85H2,1-3H3,(H,97,98)(H,99,100)/b11-8-,12-9-,19-16-,20-17-,21-18-,28-25-,29-26-,30-27-,37-34-,40-39-,47-35-,48-36-,57-54-,58-55-. The molecule has 5 unspecified atom stereocenters. The molecule has 0 aromatic rings. The Morgan fingerprint density at radius 1 is 0.266 bits per heavy atom. The van der Waals surface area contributed by atoms with E-state index in [4.69, 9.17) is 32.3 Å². The van der Waals surface area contributed by atoms with Gasteiger partial charge in [0.25, 0.3) is 0 Å². The third kappa shape index (κ3) is 83.7. The molecule has 0 amide bonds. The van der Waals surface area contributed by atoms with E-state index < -0.39 is 91.5 Å². The second kappa shape index (κ2) is 82.4. The Morgan fingerprint density at radius 2 is 0.486 bits per heavy atom. The molecule has 0 aliphatic heterocycles. The van der Waals surface area contributed by atoms with Gasteiger partial charge in [0.2, 0.25) is 0 Å². The molecule has 0 rings (SSSR count). The Morgan fingerprint density at radius 3 is 0.771 bits per heavy atom. The molecule has 0 bridgehead atoms. The molecule has 0 aliphatic carbocycles. The van der Waals surface area contributed by atoms with Crippen molar-refractivity contribution >= 4 is 33.6 Å². The first-order valence-electron chi connectivity index (χ1n) is 42.4. The zero-order chi connectivity index (χ0) is 79.4. The van der Waals surface area contributed by atoms with Crippen molar-refractivity contribution in [1.82, 2.24) is 0 Å². The van der Waals surface area contributed by atoms with E-state index in [9.17, 15) is 43.5 Å². The number of aliphatic hydroxyl groups is 2. The molecule has 622 valence electrons. The number of hydrogen-bond acceptors (Lipinski definition) is 14. The van der Waals surface area contributed by atoms with Gasteiger partial charge in [-0.05, 0) is 154 Å². The summed E-state index contributed by atoms with van der Waals surface area (Å²) in [4.78, 5) is 58.8. The summed E-state index contributed by atoms with van der Waals surface area (Å²) in [5, 5.41) is 20.7. The fourth-order valence-electron chi connectivity index (χ4n) is 11.0. The molecule has 0 aromatic carbocycles. The first kappa shape index (κ1) is 104. The minimum atomic E-state index is -4.95. The first-order valence-corrected chi connectivity index (χ1v) is 45.4. The highest BCUT2D eigenvalue weighted by Gasteiger charge is 2.29. The molecule has 0 spiro atoms. The summed E-state index contributed by atoms with van der Waals surface area (Å²) in [6.07, 6.45) is 105. The molecule has 4 N–H and O–H groups in total. The molecule has 18 heteroatoms. The topological polar surface area (TPSA) is 231 Å². The van der Waals surface area contributed by atoms with Crippen LogP contribution in [0, 0.1) is 0 Å². The Labute approximate surface area is 662 Å². The minimum absolute atomic E-state index is 0.0715. The van der Waals surface area contributed by atoms with Gasteiger partial charge < -0.3 is 34.2 Å². The highest BCUT2D eigenvalue weighted by molar-refractivity contribution is 7.47. The van der Waals surface area contributed by atoms with Gasteiger partial charge in [0, 0.05) is 19.3 Å². The van der Waals surface area contributed by atoms with Crippen LogP contribution in [0.15, 0.2) is 170 Å². The average Bonchev–Trinajstić information content (AvgIpc) is 0.902. The first-order chi connectivity index (χ1) is 53.2. The molecule has 16 nitrogen and oxygen atoms in total. The number of phosphoric acid groups is 2. The van der Waals surface area contributed by atoms with E-state index in [0.29, 0.717) is 19.3 Å². The third-order valence-electron chi connectivity index (χ3n) is 17.4. The van der Waals surface area contributed by atoms with E-state index in [2.05, 4.69) is 191 Å². The lowest BCUT2D eigenvalue weighted by Gasteiger charge is -2.21. The molecule has 0 heterocycles. The fourth-order valence-corrected chi connectivity index (χ4v) is 12.6. The van der Waals surface area contributed by atoms with Gasteiger partial charge in [-0.2, -0.15) is 0 Å². The Hall–Kier alpha value is -5.09. The number of unbranched alkanes of at least 4 members (excludes halogenated alkanes) is 28. The predicted octanol–water partition coefficient (Wildman–Crippen LogP) is 25.5. The third-order valence-corrected chi connectivity index (χ3v) is 19.3. The van der Waals surface area contributed by atoms with Crippen molar-refractivity contribution in [3.8, 4) is 0 Å². The summed E-state index contributed by atoms with van der Waals surface area (Å²) >= 11 is 0. The smallest absolute Gasteiger partial charge is 0.463 e. The number of aliphatic hydroxyl groups excluding tert-OH is 2. The largest absolute Gasteiger partial charge is 0.472 e. The van der Waals surface area contributed by atoms with Gasteiger partial charge in [0.15, 0.2) is 6.10 Å². The molecule has 0 aromatic heterocycles. The molecule has 0 aliphatic rings. The van der Waals surface area contributed by atoms with E-state index in [1.54, 1.807) is 0 Å². The van der Waals surface area contributed by atoms with E-state index in [0.717, 1.165) is 167 Å². The van der Waals surface area contributed by atoms with Gasteiger partial charge in [-0.25, -0.2) is 9.13 Å². The monoisotopic (exact) mass is 1560 g/mol. The van der Waals surface area contributed by atoms with E-state index in [1.807, 2.05) is 0 Å². The predicted molar refractivity (Wildman–Crippen MR) is 454 cm³/mol. The van der Waals surface area contributed by atoms with Crippen molar-refractivity contribution in [2.45, 2.75) is 347 Å². The van der Waals surface area contributed by atoms with Crippen LogP contribution in [0.4, 0.5) is 0 Å². The number of hydrogen-bond donors (Lipinski definition) is 4. The molecule has 0 saturated heterocycles. The van der Waals surface area contributed by atoms with Crippen molar-refractivity contribution < 1.29 is 75.8 Å². The molecule has 109 heavy (non-hydrogen) atoms. The van der Waals surface area contributed by atoms with Crippen LogP contribution in [-0.2, 0) is 55.8 Å². The summed E-state index contributed by atoms with van der Waals surface area (Å²) in [5.41, 5.74) is 0.